The van der Waals surface area contributed by atoms with Crippen LogP contribution in [-0.4, -0.2) is 14.2 Å². The minimum Gasteiger partial charge on any atom is -0.616 e. The van der Waals surface area contributed by atoms with Gasteiger partial charge in [0.1, 0.15) is 5.76 Å². The molecule has 1 aliphatic rings. The van der Waals surface area contributed by atoms with Gasteiger partial charge in [0.05, 0.1) is 13.1 Å². The third-order valence-corrected chi connectivity index (χ3v) is 1.61. The van der Waals surface area contributed by atoms with Crippen LogP contribution in [0.1, 0.15) is 6.42 Å². The first-order valence-electron chi connectivity index (χ1n) is 3.66. The fraction of sp³-hybridized carbons (Fsp3) is 0.333. The Morgan fingerprint density at radius 3 is 2.69 bits per heavy atom. The molecule has 0 aromatic carbocycles. The minimum absolute atomic E-state index is 0. The summed E-state index contributed by atoms with van der Waals surface area (Å²) in [6.07, 6.45) is 6.23. The van der Waals surface area contributed by atoms with Gasteiger partial charge in [-0.05, 0) is 19.6 Å². The topological polar surface area (TPSA) is 41.5 Å². The van der Waals surface area contributed by atoms with Crippen molar-refractivity contribution in [3.05, 3.63) is 35.5 Å². The van der Waals surface area contributed by atoms with Gasteiger partial charge in [-0.15, -0.1) is 0 Å². The molecule has 4 heteroatoms. The quantitative estimate of drug-likeness (QED) is 0.349. The zero-order chi connectivity index (χ0) is 8.97. The van der Waals surface area contributed by atoms with Gasteiger partial charge in [0.15, 0.2) is 0 Å². The van der Waals surface area contributed by atoms with Gasteiger partial charge < -0.3 is 14.6 Å². The Labute approximate surface area is 89.9 Å². The van der Waals surface area contributed by atoms with Gasteiger partial charge in [-0.25, -0.2) is 0 Å². The average molecular weight is 174 g/mol. The number of hydrogen-bond donors (Lipinski definition) is 0. The Kier molecular flexibility index (Phi) is 5.44. The number of ether oxygens (including phenoxy) is 2. The van der Waals surface area contributed by atoms with Gasteiger partial charge in [-0.2, -0.15) is 0 Å². The Balaban J connectivity index is 0.00000144. The average Bonchev–Trinajstić information content (AvgIpc) is 2.16. The van der Waals surface area contributed by atoms with E-state index in [9.17, 15) is 5.11 Å². The zero-order valence-electron chi connectivity index (χ0n) is 8.16. The zero-order valence-corrected chi connectivity index (χ0v) is 8.16. The molecule has 13 heavy (non-hydrogen) atoms. The predicted molar refractivity (Wildman–Crippen MR) is 42.9 cm³/mol. The molecule has 0 amide bonds. The summed E-state index contributed by atoms with van der Waals surface area (Å²) >= 11 is 0. The molecule has 66 valence electrons. The van der Waals surface area contributed by atoms with Gasteiger partial charge in [0.25, 0.3) is 0 Å². The summed E-state index contributed by atoms with van der Waals surface area (Å²) in [5, 5.41) is 11.1. The van der Waals surface area contributed by atoms with Crippen LogP contribution in [-0.2, 0) is 9.47 Å². The monoisotopic (exact) mass is 174 g/mol. The first-order chi connectivity index (χ1) is 5.79. The number of hydrogen-bond acceptors (Lipinski definition) is 3. The van der Waals surface area contributed by atoms with E-state index in [1.165, 1.54) is 14.2 Å². The molecule has 0 bridgehead atoms. The first kappa shape index (κ1) is 12.2. The molecule has 3 nitrogen and oxygen atoms in total. The van der Waals surface area contributed by atoms with Crippen molar-refractivity contribution in [3.63, 3.8) is 0 Å². The number of allylic oxidation sites excluding steroid dienone is 3. The second-order valence-electron chi connectivity index (χ2n) is 2.32. The first-order valence-corrected chi connectivity index (χ1v) is 3.66. The van der Waals surface area contributed by atoms with Crippen molar-refractivity contribution in [1.29, 1.82) is 0 Å². The molecule has 0 N–H and O–H groups in total. The summed E-state index contributed by atoms with van der Waals surface area (Å²) in [6, 6.07) is 0. The SMILES string of the molecule is COC1=CCC=C/C1=C(/[O-])OC.[Li+]. The Bertz CT molecular complexity index is 254. The van der Waals surface area contributed by atoms with E-state index in [0.717, 1.165) is 6.42 Å². The van der Waals surface area contributed by atoms with E-state index >= 15 is 0 Å². The predicted octanol–water partition coefficient (Wildman–Crippen LogP) is -2.30. The molecule has 0 spiro atoms. The normalized spacial score (nSPS) is 18.5. The Morgan fingerprint density at radius 1 is 1.46 bits per heavy atom. The summed E-state index contributed by atoms with van der Waals surface area (Å²) in [4.78, 5) is 0. The summed E-state index contributed by atoms with van der Waals surface area (Å²) < 4.78 is 9.57. The molecule has 0 fully saturated rings. The van der Waals surface area contributed by atoms with Crippen LogP contribution in [0.2, 0.25) is 0 Å². The van der Waals surface area contributed by atoms with E-state index in [1.807, 2.05) is 12.2 Å². The van der Waals surface area contributed by atoms with Crippen LogP contribution in [0, 0.1) is 0 Å². The maximum Gasteiger partial charge on any atom is 1.00 e. The molecule has 0 saturated heterocycles. The molecular formula is C9H11LiO3. The van der Waals surface area contributed by atoms with E-state index < -0.39 is 0 Å². The Morgan fingerprint density at radius 2 is 2.15 bits per heavy atom. The fourth-order valence-electron chi connectivity index (χ4n) is 1.02. The van der Waals surface area contributed by atoms with Crippen LogP contribution >= 0.6 is 0 Å². The Hall–Kier alpha value is -0.783. The molecule has 0 heterocycles. The molecule has 0 unspecified atom stereocenters. The summed E-state index contributed by atoms with van der Waals surface area (Å²) in [6.45, 7) is 0. The smallest absolute Gasteiger partial charge is 0.616 e. The van der Waals surface area contributed by atoms with Gasteiger partial charge in [0.2, 0.25) is 0 Å². The van der Waals surface area contributed by atoms with Crippen LogP contribution < -0.4 is 24.0 Å². The second kappa shape index (κ2) is 5.79. The molecule has 1 rings (SSSR count). The van der Waals surface area contributed by atoms with Gasteiger partial charge in [0, 0.05) is 5.57 Å². The summed E-state index contributed by atoms with van der Waals surface area (Å²) in [7, 11) is 2.89. The maximum atomic E-state index is 11.1. The molecule has 0 aromatic rings. The number of rotatable bonds is 2. The summed E-state index contributed by atoms with van der Waals surface area (Å²) in [5.41, 5.74) is 0.478. The van der Waals surface area contributed by atoms with E-state index in [-0.39, 0.29) is 24.8 Å². The molecule has 0 aliphatic heterocycles. The van der Waals surface area contributed by atoms with E-state index in [1.54, 1.807) is 6.08 Å². The maximum absolute atomic E-state index is 11.1. The molecular weight excluding hydrogens is 163 g/mol. The standard InChI is InChI=1S/C9H12O3.Li/c1-11-8-6-4-3-5-7(8)9(10)12-2;/h3,5-6,10H,4H2,1-2H3;/q;+1/p-1/b9-7+;. The van der Waals surface area contributed by atoms with Crippen LogP contribution in [0.25, 0.3) is 0 Å². The van der Waals surface area contributed by atoms with E-state index in [2.05, 4.69) is 4.74 Å². The third-order valence-electron chi connectivity index (χ3n) is 1.61. The van der Waals surface area contributed by atoms with Crippen molar-refractivity contribution >= 4 is 0 Å². The van der Waals surface area contributed by atoms with Gasteiger partial charge >= 0.3 is 18.9 Å². The molecule has 1 aliphatic carbocycles. The molecule has 0 saturated carbocycles. The van der Waals surface area contributed by atoms with Gasteiger partial charge in [-0.3, -0.25) is 0 Å². The van der Waals surface area contributed by atoms with Crippen molar-refractivity contribution < 1.29 is 33.4 Å². The van der Waals surface area contributed by atoms with Crippen molar-refractivity contribution in [2.75, 3.05) is 14.2 Å². The molecule has 0 atom stereocenters. The van der Waals surface area contributed by atoms with Crippen molar-refractivity contribution in [2.45, 2.75) is 6.42 Å². The van der Waals surface area contributed by atoms with Crippen molar-refractivity contribution in [2.24, 2.45) is 0 Å². The fourth-order valence-corrected chi connectivity index (χ4v) is 1.02. The van der Waals surface area contributed by atoms with Gasteiger partial charge in [-0.1, -0.05) is 12.2 Å². The van der Waals surface area contributed by atoms with E-state index in [0.29, 0.717) is 11.3 Å². The minimum atomic E-state index is -0.362. The van der Waals surface area contributed by atoms with E-state index in [4.69, 9.17) is 4.74 Å². The largest absolute Gasteiger partial charge is 1.00 e. The molecule has 0 radical (unpaired) electrons. The van der Waals surface area contributed by atoms with Crippen molar-refractivity contribution in [1.82, 2.24) is 0 Å². The third kappa shape index (κ3) is 2.87. The molecule has 0 aromatic heterocycles. The number of methoxy groups -OCH3 is 2. The van der Waals surface area contributed by atoms with Crippen molar-refractivity contribution in [3.8, 4) is 0 Å². The summed E-state index contributed by atoms with van der Waals surface area (Å²) in [5.74, 6) is 0.225. The van der Waals surface area contributed by atoms with Crippen LogP contribution in [0.5, 0.6) is 0 Å². The van der Waals surface area contributed by atoms with Crippen LogP contribution in [0.3, 0.4) is 0 Å². The second-order valence-corrected chi connectivity index (χ2v) is 2.32. The van der Waals surface area contributed by atoms with Crippen LogP contribution in [0.15, 0.2) is 35.5 Å². The van der Waals surface area contributed by atoms with Crippen LogP contribution in [0.4, 0.5) is 0 Å².